The number of benzene rings is 3. The van der Waals surface area contributed by atoms with E-state index in [2.05, 4.69) is 28.9 Å². The quantitative estimate of drug-likeness (QED) is 0.259. The topological polar surface area (TPSA) is 27.0 Å². The fourth-order valence-electron chi connectivity index (χ4n) is 2.79. The summed E-state index contributed by atoms with van der Waals surface area (Å²) in [4.78, 5) is 0. The van der Waals surface area contributed by atoms with Gasteiger partial charge < -0.3 is 0 Å². The van der Waals surface area contributed by atoms with Crippen LogP contribution in [0.4, 0.5) is 15.8 Å². The van der Waals surface area contributed by atoms with E-state index in [0.29, 0.717) is 10.3 Å². The van der Waals surface area contributed by atoms with Crippen molar-refractivity contribution < 1.29 is 4.39 Å². The average Bonchev–Trinajstić information content (AvgIpc) is 3.01. The second kappa shape index (κ2) is 6.04. The Morgan fingerprint density at radius 3 is 2.33 bits per heavy atom. The Morgan fingerprint density at radius 2 is 1.54 bits per heavy atom. The Kier molecular flexibility index (Phi) is 3.87. The van der Waals surface area contributed by atoms with Crippen molar-refractivity contribution in [2.75, 3.05) is 3.11 Å². The molecule has 3 aromatic carbocycles. The van der Waals surface area contributed by atoms with Crippen LogP contribution in [-0.4, -0.2) is 0 Å². The van der Waals surface area contributed by atoms with E-state index in [1.54, 1.807) is 12.1 Å². The first-order valence-corrected chi connectivity index (χ1v) is 9.03. The molecule has 0 amide bonds. The molecule has 0 N–H and O–H groups in total. The molecule has 0 unspecified atom stereocenters. The van der Waals surface area contributed by atoms with Crippen molar-refractivity contribution in [3.05, 3.63) is 72.0 Å². The maximum absolute atomic E-state index is 14.2. The fourth-order valence-corrected chi connectivity index (χ4v) is 4.99. The molecule has 24 heavy (non-hydrogen) atoms. The molecule has 1 heterocycles. The zero-order valence-corrected chi connectivity index (χ0v) is 15.3. The van der Waals surface area contributed by atoms with Gasteiger partial charge >= 0.3 is 0 Å². The van der Waals surface area contributed by atoms with Crippen LogP contribution in [-0.2, 0) is 0 Å². The number of halogens is 2. The predicted molar refractivity (Wildman–Crippen MR) is 107 cm³/mol. The Morgan fingerprint density at radius 1 is 0.875 bits per heavy atom. The van der Waals surface area contributed by atoms with E-state index in [1.165, 1.54) is 17.4 Å². The van der Waals surface area contributed by atoms with Gasteiger partial charge in [0.05, 0.1) is 49.2 Å². The lowest BCUT2D eigenvalue weighted by Crippen LogP contribution is -2.02. The number of nitriles is 1. The van der Waals surface area contributed by atoms with Gasteiger partial charge in [-0.1, -0.05) is 36.4 Å². The number of para-hydroxylation sites is 1. The third-order valence-corrected chi connectivity index (χ3v) is 6.19. The first-order chi connectivity index (χ1) is 11.7. The maximum atomic E-state index is 14.2. The van der Waals surface area contributed by atoms with Crippen molar-refractivity contribution >= 4 is 65.7 Å². The van der Waals surface area contributed by atoms with E-state index >= 15 is 0 Å². The summed E-state index contributed by atoms with van der Waals surface area (Å²) >= 11 is 3.65. The van der Waals surface area contributed by atoms with Gasteiger partial charge in [0.25, 0.3) is 0 Å². The van der Waals surface area contributed by atoms with Gasteiger partial charge in [0.1, 0.15) is 11.9 Å². The van der Waals surface area contributed by atoms with E-state index in [9.17, 15) is 9.65 Å². The molecule has 0 radical (unpaired) electrons. The van der Waals surface area contributed by atoms with Crippen LogP contribution in [0.1, 0.15) is 5.56 Å². The number of anilines is 2. The van der Waals surface area contributed by atoms with Crippen molar-refractivity contribution in [1.82, 2.24) is 0 Å². The summed E-state index contributed by atoms with van der Waals surface area (Å²) in [5, 5.41) is 11.3. The minimum absolute atomic E-state index is 0.197. The normalized spacial score (nSPS) is 10.9. The molecule has 5 heteroatoms. The highest BCUT2D eigenvalue weighted by molar-refractivity contribution is 14.1. The largest absolute Gasteiger partial charge is 0.280 e. The number of nitrogens with zero attached hydrogens (tertiary/aromatic N) is 2. The van der Waals surface area contributed by atoms with Gasteiger partial charge in [-0.05, 0) is 24.3 Å². The lowest BCUT2D eigenvalue weighted by atomic mass is 10.1. The summed E-state index contributed by atoms with van der Waals surface area (Å²) in [6.45, 7) is 0. The van der Waals surface area contributed by atoms with Gasteiger partial charge in [-0.3, -0.25) is 3.11 Å². The SMILES string of the molecule is N#Cc1ccccc1N(I)c1cccc2c1sc1c(F)cccc12. The van der Waals surface area contributed by atoms with Crippen LogP contribution in [0.15, 0.2) is 60.7 Å². The van der Waals surface area contributed by atoms with Gasteiger partial charge in [0.15, 0.2) is 0 Å². The second-order valence-electron chi connectivity index (χ2n) is 5.28. The number of fused-ring (bicyclic) bond motifs is 3. The first-order valence-electron chi connectivity index (χ1n) is 7.25. The van der Waals surface area contributed by atoms with E-state index in [0.717, 1.165) is 26.8 Å². The molecule has 116 valence electrons. The number of hydrogen-bond acceptors (Lipinski definition) is 3. The molecule has 4 rings (SSSR count). The molecule has 0 spiro atoms. The highest BCUT2D eigenvalue weighted by Crippen LogP contribution is 2.44. The second-order valence-corrected chi connectivity index (χ2v) is 7.27. The van der Waals surface area contributed by atoms with Crippen LogP contribution in [0.3, 0.4) is 0 Å². The number of hydrogen-bond donors (Lipinski definition) is 0. The van der Waals surface area contributed by atoms with Gasteiger partial charge in [-0.2, -0.15) is 5.26 Å². The summed E-state index contributed by atoms with van der Waals surface area (Å²) in [6.07, 6.45) is 0. The van der Waals surface area contributed by atoms with Crippen LogP contribution < -0.4 is 3.11 Å². The van der Waals surface area contributed by atoms with Gasteiger partial charge in [-0.25, -0.2) is 4.39 Å². The van der Waals surface area contributed by atoms with Crippen molar-refractivity contribution in [3.8, 4) is 6.07 Å². The summed E-state index contributed by atoms with van der Waals surface area (Å²) in [6, 6.07) is 20.8. The third-order valence-electron chi connectivity index (χ3n) is 3.90. The molecule has 0 saturated carbocycles. The van der Waals surface area contributed by atoms with Crippen LogP contribution >= 0.6 is 34.2 Å². The zero-order chi connectivity index (χ0) is 16.7. The van der Waals surface area contributed by atoms with Crippen molar-refractivity contribution in [2.45, 2.75) is 0 Å². The zero-order valence-electron chi connectivity index (χ0n) is 12.3. The third kappa shape index (κ3) is 2.34. The summed E-state index contributed by atoms with van der Waals surface area (Å²) in [5.74, 6) is -0.197. The molecule has 4 aromatic rings. The molecule has 0 bridgehead atoms. The van der Waals surface area contributed by atoms with Crippen molar-refractivity contribution in [2.24, 2.45) is 0 Å². The van der Waals surface area contributed by atoms with Gasteiger partial charge in [0.2, 0.25) is 0 Å². The lowest BCUT2D eigenvalue weighted by molar-refractivity contribution is 0.642. The van der Waals surface area contributed by atoms with Crippen LogP contribution in [0.25, 0.3) is 20.2 Å². The summed E-state index contributed by atoms with van der Waals surface area (Å²) in [5.41, 5.74) is 2.39. The Bertz CT molecular complexity index is 1110. The number of thiophene rings is 1. The summed E-state index contributed by atoms with van der Waals surface area (Å²) in [7, 11) is 0. The Labute approximate surface area is 156 Å². The molecule has 0 aliphatic rings. The molecular weight excluding hydrogens is 434 g/mol. The monoisotopic (exact) mass is 444 g/mol. The van der Waals surface area contributed by atoms with Crippen LogP contribution in [0.2, 0.25) is 0 Å². The van der Waals surface area contributed by atoms with Gasteiger partial charge in [-0.15, -0.1) is 11.3 Å². The Hall–Kier alpha value is -2.17. The number of rotatable bonds is 2. The predicted octanol–water partition coefficient (Wildman–Crippen LogP) is 6.55. The molecular formula is C19H10FIN2S. The van der Waals surface area contributed by atoms with E-state index < -0.39 is 0 Å². The lowest BCUT2D eigenvalue weighted by Gasteiger charge is -2.18. The molecule has 2 nitrogen and oxygen atoms in total. The fraction of sp³-hybridized carbons (Fsp3) is 0. The van der Waals surface area contributed by atoms with Crippen molar-refractivity contribution in [1.29, 1.82) is 5.26 Å². The molecule has 0 atom stereocenters. The minimum atomic E-state index is -0.197. The minimum Gasteiger partial charge on any atom is -0.280 e. The maximum Gasteiger partial charge on any atom is 0.141 e. The molecule has 0 aliphatic heterocycles. The van der Waals surface area contributed by atoms with Crippen LogP contribution in [0.5, 0.6) is 0 Å². The van der Waals surface area contributed by atoms with Crippen molar-refractivity contribution in [3.63, 3.8) is 0 Å². The molecule has 1 aromatic heterocycles. The Balaban J connectivity index is 1.99. The van der Waals surface area contributed by atoms with E-state index in [-0.39, 0.29) is 5.82 Å². The molecule has 0 fully saturated rings. The molecule has 0 aliphatic carbocycles. The van der Waals surface area contributed by atoms with E-state index in [1.807, 2.05) is 45.6 Å². The van der Waals surface area contributed by atoms with Crippen LogP contribution in [0, 0.1) is 17.1 Å². The summed E-state index contributed by atoms with van der Waals surface area (Å²) < 4.78 is 17.8. The van der Waals surface area contributed by atoms with Gasteiger partial charge in [0, 0.05) is 10.8 Å². The first kappa shape index (κ1) is 15.4. The highest BCUT2D eigenvalue weighted by Gasteiger charge is 2.17. The smallest absolute Gasteiger partial charge is 0.141 e. The van der Waals surface area contributed by atoms with E-state index in [4.69, 9.17) is 0 Å². The average molecular weight is 444 g/mol. The standard InChI is InChI=1S/C19H10FIN2S/c20-15-8-3-6-13-14-7-4-10-17(19(14)24-18(13)15)23(21)16-9-2-1-5-12(16)11-22/h1-10H. The highest BCUT2D eigenvalue weighted by atomic mass is 127. The molecule has 0 saturated heterocycles.